The number of hydrogen-bond acceptors (Lipinski definition) is 3. The summed E-state index contributed by atoms with van der Waals surface area (Å²) in [5.74, 6) is 0. The van der Waals surface area contributed by atoms with Crippen LogP contribution in [-0.4, -0.2) is 4.57 Å². The van der Waals surface area contributed by atoms with Crippen LogP contribution in [0, 0.1) is 6.92 Å². The van der Waals surface area contributed by atoms with Crippen molar-refractivity contribution in [3.63, 3.8) is 0 Å². The van der Waals surface area contributed by atoms with Gasteiger partial charge in [0, 0.05) is 57.2 Å². The Morgan fingerprint density at radius 3 is 1.74 bits per heavy atom. The molecule has 0 aliphatic rings. The highest BCUT2D eigenvalue weighted by molar-refractivity contribution is 9.11. The summed E-state index contributed by atoms with van der Waals surface area (Å²) < 4.78 is 5.73. The van der Waals surface area contributed by atoms with Gasteiger partial charge in [-0.2, -0.15) is 0 Å². The van der Waals surface area contributed by atoms with Crippen molar-refractivity contribution >= 4 is 84.9 Å². The van der Waals surface area contributed by atoms with Gasteiger partial charge in [-0.25, -0.2) is 0 Å². The fourth-order valence-electron chi connectivity index (χ4n) is 6.74. The van der Waals surface area contributed by atoms with E-state index in [9.17, 15) is 9.59 Å². The molecule has 0 bridgehead atoms. The number of unbranched alkanes of at least 4 members (excludes halogenated alkanes) is 15. The highest BCUT2D eigenvalue weighted by atomic mass is 79.9. The van der Waals surface area contributed by atoms with Crippen molar-refractivity contribution in [3.8, 4) is 0 Å². The Hall–Kier alpha value is -1.76. The van der Waals surface area contributed by atoms with Crippen LogP contribution in [0.15, 0.2) is 48.9 Å². The van der Waals surface area contributed by atoms with E-state index < -0.39 is 0 Å². The number of aryl methyl sites for hydroxylation is 1. The number of benzene rings is 3. The van der Waals surface area contributed by atoms with Crippen LogP contribution < -0.4 is 11.1 Å². The Morgan fingerprint density at radius 2 is 1.16 bits per heavy atom. The first-order valence-electron chi connectivity index (χ1n) is 16.6. The van der Waals surface area contributed by atoms with E-state index in [-0.39, 0.29) is 11.1 Å². The molecule has 0 fully saturated rings. The predicted octanol–water partition coefficient (Wildman–Crippen LogP) is 12.4. The van der Waals surface area contributed by atoms with Gasteiger partial charge in [0.05, 0.1) is 0 Å². The van der Waals surface area contributed by atoms with E-state index in [0.717, 1.165) is 53.6 Å². The second-order valence-electron chi connectivity index (χ2n) is 12.4. The van der Waals surface area contributed by atoms with Crippen molar-refractivity contribution in [2.24, 2.45) is 0 Å². The third-order valence-electron chi connectivity index (χ3n) is 9.10. The van der Waals surface area contributed by atoms with E-state index in [1.807, 2.05) is 12.1 Å². The predicted molar refractivity (Wildman–Crippen MR) is 196 cm³/mol. The molecule has 0 unspecified atom stereocenters. The van der Waals surface area contributed by atoms with Crippen molar-refractivity contribution in [3.05, 3.63) is 65.5 Å². The third-order valence-corrected chi connectivity index (χ3v) is 11.5. The Labute approximate surface area is 276 Å². The minimum atomic E-state index is -0.162. The smallest absolute Gasteiger partial charge is 0.261 e. The van der Waals surface area contributed by atoms with Gasteiger partial charge in [-0.1, -0.05) is 135 Å². The van der Waals surface area contributed by atoms with Crippen LogP contribution in [0.4, 0.5) is 0 Å². The molecule has 0 aliphatic heterocycles. The van der Waals surface area contributed by atoms with E-state index in [1.165, 1.54) is 99.2 Å². The second kappa shape index (κ2) is 15.5. The molecule has 43 heavy (non-hydrogen) atoms. The number of fused-ring (bicyclic) bond motifs is 2. The van der Waals surface area contributed by atoms with Crippen molar-refractivity contribution < 1.29 is 0 Å². The average molecular weight is 728 g/mol. The van der Waals surface area contributed by atoms with Gasteiger partial charge in [0.15, 0.2) is 0 Å². The van der Waals surface area contributed by atoms with E-state index >= 15 is 0 Å². The van der Waals surface area contributed by atoms with E-state index in [4.69, 9.17) is 0 Å². The molecule has 0 saturated carbocycles. The van der Waals surface area contributed by atoms with Crippen LogP contribution >= 0.6 is 43.2 Å². The molecule has 0 radical (unpaired) electrons. The topological polar surface area (TPSA) is 39.1 Å². The molecule has 3 aromatic carbocycles. The lowest BCUT2D eigenvalue weighted by Gasteiger charge is -2.17. The largest absolute Gasteiger partial charge is 0.274 e. The molecule has 230 valence electrons. The van der Waals surface area contributed by atoms with E-state index in [1.54, 1.807) is 11.3 Å². The first-order valence-corrected chi connectivity index (χ1v) is 19.0. The summed E-state index contributed by atoms with van der Waals surface area (Å²) in [5.41, 5.74) is 0.772. The molecule has 0 aliphatic carbocycles. The third kappa shape index (κ3) is 7.39. The number of hydrogen-bond donors (Lipinski definition) is 0. The number of pyridine rings is 1. The Bertz CT molecular complexity index is 1770. The standard InChI is InChI=1S/C37H45Br2NO2S/c1-3-4-5-6-7-8-9-10-11-12-13-14-15-16-17-18-21-40-36(41)28-22-25(2)35-34-32(28)29(37(40)42)24-30(39)33(34)27-23-26(38)19-20-31(27)43-35/h19-20,22-24H,3-18,21H2,1-2H3. The van der Waals surface area contributed by atoms with E-state index in [0.29, 0.717) is 17.3 Å². The van der Waals surface area contributed by atoms with Crippen molar-refractivity contribution in [1.29, 1.82) is 0 Å². The van der Waals surface area contributed by atoms with Gasteiger partial charge in [0.2, 0.25) is 0 Å². The molecule has 3 nitrogen and oxygen atoms in total. The number of aromatic nitrogens is 1. The SMILES string of the molecule is CCCCCCCCCCCCCCCCCCn1c(=O)c2cc(C)c3sc4ccc(Br)cc4c4c(Br)cc(c1=O)c2c34. The molecule has 0 spiro atoms. The van der Waals surface area contributed by atoms with Crippen LogP contribution in [0.25, 0.3) is 41.7 Å². The molecular weight excluding hydrogens is 682 g/mol. The van der Waals surface area contributed by atoms with Crippen LogP contribution in [-0.2, 0) is 6.54 Å². The maximum Gasteiger partial charge on any atom is 0.261 e. The summed E-state index contributed by atoms with van der Waals surface area (Å²) in [4.78, 5) is 27.5. The van der Waals surface area contributed by atoms with Crippen molar-refractivity contribution in [2.45, 2.75) is 123 Å². The maximum atomic E-state index is 13.7. The lowest BCUT2D eigenvalue weighted by Crippen LogP contribution is -2.33. The summed E-state index contributed by atoms with van der Waals surface area (Å²) in [7, 11) is 0. The zero-order valence-electron chi connectivity index (χ0n) is 25.8. The quantitative estimate of drug-likeness (QED) is 0.0543. The summed E-state index contributed by atoms with van der Waals surface area (Å²) in [6.45, 7) is 4.85. The molecule has 0 atom stereocenters. The first-order chi connectivity index (χ1) is 20.9. The summed E-state index contributed by atoms with van der Waals surface area (Å²) in [6.07, 6.45) is 20.9. The lowest BCUT2D eigenvalue weighted by atomic mass is 9.95. The molecule has 5 aromatic rings. The molecule has 0 saturated heterocycles. The fourth-order valence-corrected chi connectivity index (χ4v) is 8.90. The van der Waals surface area contributed by atoms with Gasteiger partial charge in [-0.15, -0.1) is 11.3 Å². The fraction of sp³-hybridized carbons (Fsp3) is 0.514. The van der Waals surface area contributed by atoms with Gasteiger partial charge in [-0.3, -0.25) is 14.2 Å². The van der Waals surface area contributed by atoms with Gasteiger partial charge in [-0.05, 0) is 49.2 Å². The molecule has 6 heteroatoms. The highest BCUT2D eigenvalue weighted by Crippen LogP contribution is 2.45. The molecule has 2 aromatic heterocycles. The Balaban J connectivity index is 1.18. The zero-order valence-corrected chi connectivity index (χ0v) is 29.8. The molecule has 0 N–H and O–H groups in total. The molecular formula is C37H45Br2NO2S. The summed E-state index contributed by atoms with van der Waals surface area (Å²) in [5, 5.41) is 5.33. The van der Waals surface area contributed by atoms with Crippen LogP contribution in [0.3, 0.4) is 0 Å². The average Bonchev–Trinajstić information content (AvgIpc) is 2.99. The molecule has 2 heterocycles. The Kier molecular flexibility index (Phi) is 11.8. The van der Waals surface area contributed by atoms with Crippen LogP contribution in [0.2, 0.25) is 0 Å². The monoisotopic (exact) mass is 725 g/mol. The zero-order chi connectivity index (χ0) is 30.3. The summed E-state index contributed by atoms with van der Waals surface area (Å²) in [6, 6.07) is 10.3. The van der Waals surface area contributed by atoms with Gasteiger partial charge in [0.25, 0.3) is 11.1 Å². The molecule has 5 rings (SSSR count). The van der Waals surface area contributed by atoms with Crippen molar-refractivity contribution in [2.75, 3.05) is 0 Å². The normalized spacial score (nSPS) is 12.1. The minimum absolute atomic E-state index is 0.147. The van der Waals surface area contributed by atoms with Gasteiger partial charge in [0.1, 0.15) is 0 Å². The van der Waals surface area contributed by atoms with Crippen LogP contribution in [0.5, 0.6) is 0 Å². The Morgan fingerprint density at radius 1 is 0.628 bits per heavy atom. The van der Waals surface area contributed by atoms with Crippen molar-refractivity contribution in [1.82, 2.24) is 4.57 Å². The summed E-state index contributed by atoms with van der Waals surface area (Å²) >= 11 is 9.17. The second-order valence-corrected chi connectivity index (χ2v) is 15.2. The van der Waals surface area contributed by atoms with Crippen LogP contribution in [0.1, 0.15) is 115 Å². The first kappa shape index (κ1) is 32.6. The number of halogens is 2. The number of rotatable bonds is 17. The molecule has 0 amide bonds. The van der Waals surface area contributed by atoms with E-state index in [2.05, 4.69) is 63.9 Å². The highest BCUT2D eigenvalue weighted by Gasteiger charge is 2.21. The minimum Gasteiger partial charge on any atom is -0.274 e. The van der Waals surface area contributed by atoms with Gasteiger partial charge >= 0.3 is 0 Å². The lowest BCUT2D eigenvalue weighted by molar-refractivity contribution is 0.517. The number of nitrogens with zero attached hydrogens (tertiary/aromatic N) is 1. The van der Waals surface area contributed by atoms with Gasteiger partial charge < -0.3 is 0 Å². The maximum absolute atomic E-state index is 13.7.